The molecular formula is C21H15BrN4O2S. The van der Waals surface area contributed by atoms with Crippen LogP contribution in [0.15, 0.2) is 75.8 Å². The van der Waals surface area contributed by atoms with Crippen molar-refractivity contribution in [3.63, 3.8) is 0 Å². The fourth-order valence-corrected chi connectivity index (χ4v) is 3.33. The Morgan fingerprint density at radius 1 is 1.07 bits per heavy atom. The predicted molar refractivity (Wildman–Crippen MR) is 118 cm³/mol. The number of halogens is 1. The molecule has 0 spiro atoms. The Balaban J connectivity index is 1.36. The Bertz CT molecular complexity index is 1160. The maximum absolute atomic E-state index is 12.3. The molecule has 8 heteroatoms. The van der Waals surface area contributed by atoms with E-state index in [0.29, 0.717) is 33.7 Å². The van der Waals surface area contributed by atoms with E-state index in [9.17, 15) is 4.79 Å². The van der Waals surface area contributed by atoms with Crippen LogP contribution in [0.3, 0.4) is 0 Å². The molecule has 0 saturated heterocycles. The first-order valence-electron chi connectivity index (χ1n) is 8.75. The van der Waals surface area contributed by atoms with E-state index in [4.69, 9.17) is 16.6 Å². The Morgan fingerprint density at radius 3 is 2.62 bits per heavy atom. The molecule has 0 atom stereocenters. The highest BCUT2D eigenvalue weighted by Gasteiger charge is 2.11. The smallest absolute Gasteiger partial charge is 0.258 e. The first kappa shape index (κ1) is 19.2. The number of nitrogens with one attached hydrogen (secondary N) is 2. The van der Waals surface area contributed by atoms with Crippen molar-refractivity contribution in [1.82, 2.24) is 20.6 Å². The summed E-state index contributed by atoms with van der Waals surface area (Å²) in [6.45, 7) is 0.477. The van der Waals surface area contributed by atoms with Crippen LogP contribution >= 0.6 is 28.1 Å². The minimum absolute atomic E-state index is 0.264. The number of rotatable bonds is 4. The molecule has 29 heavy (non-hydrogen) atoms. The van der Waals surface area contributed by atoms with Gasteiger partial charge in [-0.05, 0) is 70.1 Å². The summed E-state index contributed by atoms with van der Waals surface area (Å²) < 4.78 is 6.44. The van der Waals surface area contributed by atoms with Crippen molar-refractivity contribution in [3.05, 3.63) is 82.5 Å². The first-order valence-corrected chi connectivity index (χ1v) is 9.95. The molecule has 0 aliphatic rings. The Kier molecular flexibility index (Phi) is 5.64. The Labute approximate surface area is 180 Å². The van der Waals surface area contributed by atoms with Crippen LogP contribution in [0.25, 0.3) is 22.7 Å². The summed E-state index contributed by atoms with van der Waals surface area (Å²) in [7, 11) is 0. The second-order valence-electron chi connectivity index (χ2n) is 6.16. The molecule has 4 aromatic rings. The van der Waals surface area contributed by atoms with Crippen LogP contribution in [0.1, 0.15) is 15.9 Å². The average Bonchev–Trinajstić information content (AvgIpc) is 3.17. The van der Waals surface area contributed by atoms with Crippen LogP contribution in [0.2, 0.25) is 0 Å². The predicted octanol–water partition coefficient (Wildman–Crippen LogP) is 4.46. The van der Waals surface area contributed by atoms with Gasteiger partial charge in [0.1, 0.15) is 0 Å². The lowest BCUT2D eigenvalue weighted by atomic mass is 10.1. The lowest BCUT2D eigenvalue weighted by molar-refractivity contribution is 0.0976. The summed E-state index contributed by atoms with van der Waals surface area (Å²) in [6, 6.07) is 18.6. The topological polar surface area (TPSA) is 80.0 Å². The van der Waals surface area contributed by atoms with Gasteiger partial charge in [-0.1, -0.05) is 24.3 Å². The van der Waals surface area contributed by atoms with E-state index in [1.807, 2.05) is 42.5 Å². The van der Waals surface area contributed by atoms with Crippen molar-refractivity contribution in [2.75, 3.05) is 0 Å². The number of hydrogen-bond donors (Lipinski definition) is 2. The molecule has 0 fully saturated rings. The van der Waals surface area contributed by atoms with Gasteiger partial charge in [-0.2, -0.15) is 4.98 Å². The van der Waals surface area contributed by atoms with Gasteiger partial charge < -0.3 is 9.73 Å². The molecule has 2 N–H and O–H groups in total. The number of carbonyl (C=O) groups is 1. The van der Waals surface area contributed by atoms with Crippen molar-refractivity contribution in [2.45, 2.75) is 6.54 Å². The number of pyridine rings is 1. The van der Waals surface area contributed by atoms with Crippen LogP contribution in [0, 0.1) is 0 Å². The van der Waals surface area contributed by atoms with Crippen LogP contribution in [0.4, 0.5) is 0 Å². The normalized spacial score (nSPS) is 10.7. The third-order valence-corrected chi connectivity index (χ3v) is 5.10. The van der Waals surface area contributed by atoms with Crippen LogP contribution in [0.5, 0.6) is 0 Å². The molecule has 4 rings (SSSR count). The highest BCUT2D eigenvalue weighted by molar-refractivity contribution is 9.10. The zero-order valence-corrected chi connectivity index (χ0v) is 17.5. The van der Waals surface area contributed by atoms with Gasteiger partial charge in [0.25, 0.3) is 5.91 Å². The van der Waals surface area contributed by atoms with Crippen LogP contribution in [-0.4, -0.2) is 21.0 Å². The van der Waals surface area contributed by atoms with Gasteiger partial charge >= 0.3 is 0 Å². The summed E-state index contributed by atoms with van der Waals surface area (Å²) in [4.78, 5) is 20.8. The number of oxazole rings is 1. The van der Waals surface area contributed by atoms with E-state index in [-0.39, 0.29) is 11.0 Å². The van der Waals surface area contributed by atoms with Crippen LogP contribution < -0.4 is 10.6 Å². The molecule has 0 saturated carbocycles. The zero-order chi connectivity index (χ0) is 20.2. The van der Waals surface area contributed by atoms with Gasteiger partial charge in [0, 0.05) is 22.8 Å². The first-order chi connectivity index (χ1) is 14.1. The monoisotopic (exact) mass is 466 g/mol. The molecule has 1 amide bonds. The SMILES string of the molecule is O=C(NC(=S)NCc1ccc(-c2nc3ncccc3o2)cc1)c1ccccc1Br. The van der Waals surface area contributed by atoms with Crippen molar-refractivity contribution in [2.24, 2.45) is 0 Å². The van der Waals surface area contributed by atoms with E-state index in [0.717, 1.165) is 11.1 Å². The lowest BCUT2D eigenvalue weighted by Gasteiger charge is -2.10. The van der Waals surface area contributed by atoms with Gasteiger partial charge in [-0.3, -0.25) is 10.1 Å². The molecule has 2 aromatic carbocycles. The minimum atomic E-state index is -0.269. The largest absolute Gasteiger partial charge is 0.434 e. The number of hydrogen-bond acceptors (Lipinski definition) is 5. The highest BCUT2D eigenvalue weighted by atomic mass is 79.9. The second-order valence-corrected chi connectivity index (χ2v) is 7.42. The fourth-order valence-electron chi connectivity index (χ4n) is 2.70. The van der Waals surface area contributed by atoms with Crippen molar-refractivity contribution in [1.29, 1.82) is 0 Å². The zero-order valence-electron chi connectivity index (χ0n) is 15.1. The Hall–Kier alpha value is -3.10. The number of fused-ring (bicyclic) bond motifs is 1. The summed E-state index contributed by atoms with van der Waals surface area (Å²) in [5, 5.41) is 5.98. The fraction of sp³-hybridized carbons (Fsp3) is 0.0476. The maximum Gasteiger partial charge on any atom is 0.258 e. The molecule has 0 aliphatic heterocycles. The van der Waals surface area contributed by atoms with E-state index < -0.39 is 0 Å². The molecule has 2 heterocycles. The van der Waals surface area contributed by atoms with Gasteiger partial charge in [-0.15, -0.1) is 0 Å². The quantitative estimate of drug-likeness (QED) is 0.432. The van der Waals surface area contributed by atoms with Gasteiger partial charge in [-0.25, -0.2) is 4.98 Å². The third-order valence-electron chi connectivity index (χ3n) is 4.16. The van der Waals surface area contributed by atoms with Gasteiger partial charge in [0.05, 0.1) is 5.56 Å². The summed E-state index contributed by atoms with van der Waals surface area (Å²) in [5.74, 6) is 0.254. The number of benzene rings is 2. The molecule has 0 radical (unpaired) electrons. The maximum atomic E-state index is 12.3. The molecule has 2 aromatic heterocycles. The van der Waals surface area contributed by atoms with Gasteiger partial charge in [0.15, 0.2) is 16.3 Å². The van der Waals surface area contributed by atoms with E-state index >= 15 is 0 Å². The molecule has 0 unspecified atom stereocenters. The van der Waals surface area contributed by atoms with Crippen molar-refractivity contribution >= 4 is 50.4 Å². The average molecular weight is 467 g/mol. The minimum Gasteiger partial charge on any atom is -0.434 e. The number of nitrogens with zero attached hydrogens (tertiary/aromatic N) is 2. The summed E-state index contributed by atoms with van der Waals surface area (Å²) in [6.07, 6.45) is 1.68. The molecule has 0 aliphatic carbocycles. The highest BCUT2D eigenvalue weighted by Crippen LogP contribution is 2.23. The second kappa shape index (κ2) is 8.50. The standard InChI is InChI=1S/C21H15BrN4O2S/c22-16-5-2-1-4-15(16)19(27)26-21(29)24-12-13-7-9-14(10-8-13)20-25-18-17(28-20)6-3-11-23-18/h1-11H,12H2,(H2,24,26,27,29). The third kappa shape index (κ3) is 4.49. The van der Waals surface area contributed by atoms with Crippen LogP contribution in [-0.2, 0) is 6.54 Å². The van der Waals surface area contributed by atoms with E-state index in [1.165, 1.54) is 0 Å². The number of amides is 1. The molecule has 144 valence electrons. The van der Waals surface area contributed by atoms with E-state index in [2.05, 4.69) is 36.5 Å². The summed E-state index contributed by atoms with van der Waals surface area (Å²) >= 11 is 8.58. The van der Waals surface area contributed by atoms with Crippen molar-refractivity contribution < 1.29 is 9.21 Å². The number of aromatic nitrogens is 2. The number of thiocarbonyl (C=S) groups is 1. The summed E-state index contributed by atoms with van der Waals surface area (Å²) in [5.41, 5.74) is 3.62. The molecule has 6 nitrogen and oxygen atoms in total. The Morgan fingerprint density at radius 2 is 1.86 bits per heavy atom. The van der Waals surface area contributed by atoms with Gasteiger partial charge in [0.2, 0.25) is 5.89 Å². The van der Waals surface area contributed by atoms with Crippen molar-refractivity contribution in [3.8, 4) is 11.5 Å². The lowest BCUT2D eigenvalue weighted by Crippen LogP contribution is -2.38. The number of carbonyl (C=O) groups excluding carboxylic acids is 1. The molecular weight excluding hydrogens is 452 g/mol. The molecule has 0 bridgehead atoms. The van der Waals surface area contributed by atoms with E-state index in [1.54, 1.807) is 24.4 Å².